The lowest BCUT2D eigenvalue weighted by Gasteiger charge is -2.34. The summed E-state index contributed by atoms with van der Waals surface area (Å²) in [4.78, 5) is 17.6. The fraction of sp³-hybridized carbons (Fsp3) is 0.684. The van der Waals surface area contributed by atoms with Crippen molar-refractivity contribution in [2.24, 2.45) is 5.92 Å². The molecule has 158 valence electrons. The van der Waals surface area contributed by atoms with Crippen LogP contribution in [0.1, 0.15) is 52.0 Å². The Balaban J connectivity index is 1.77. The molecule has 1 atom stereocenters. The number of rotatable bonds is 5. The summed E-state index contributed by atoms with van der Waals surface area (Å²) in [7, 11) is 0. The molecular weight excluding hydrogens is 397 g/mol. The summed E-state index contributed by atoms with van der Waals surface area (Å²) >= 11 is 5.82. The van der Waals surface area contributed by atoms with Crippen LogP contribution in [0.15, 0.2) is 12.3 Å². The van der Waals surface area contributed by atoms with Crippen LogP contribution >= 0.6 is 11.6 Å². The van der Waals surface area contributed by atoms with Gasteiger partial charge in [-0.05, 0) is 58.4 Å². The highest BCUT2D eigenvalue weighted by molar-refractivity contribution is 6.31. The molecule has 0 bridgehead atoms. The number of carbonyl (C=O) groups excluding carboxylic acids is 1. The molecule has 1 unspecified atom stereocenters. The summed E-state index contributed by atoms with van der Waals surface area (Å²) in [5, 5.41) is -0.163. The Hall–Kier alpha value is -1.70. The molecule has 2 heterocycles. The normalized spacial score (nSPS) is 18.1. The molecule has 1 saturated heterocycles. The van der Waals surface area contributed by atoms with Crippen LogP contribution in [0.5, 0.6) is 5.88 Å². The van der Waals surface area contributed by atoms with Gasteiger partial charge in [-0.3, -0.25) is 0 Å². The molecule has 0 radical (unpaired) electrons. The summed E-state index contributed by atoms with van der Waals surface area (Å²) in [6, 6.07) is 0.809. The molecule has 5 nitrogen and oxygen atoms in total. The van der Waals surface area contributed by atoms with Gasteiger partial charge in [-0.15, -0.1) is 0 Å². The Morgan fingerprint density at radius 1 is 1.36 bits per heavy atom. The van der Waals surface area contributed by atoms with Gasteiger partial charge in [0.2, 0.25) is 5.88 Å². The van der Waals surface area contributed by atoms with Gasteiger partial charge in [-0.25, -0.2) is 9.78 Å². The zero-order valence-electron chi connectivity index (χ0n) is 16.3. The van der Waals surface area contributed by atoms with Gasteiger partial charge >= 0.3 is 12.3 Å². The lowest BCUT2D eigenvalue weighted by molar-refractivity contribution is -0.137. The zero-order chi connectivity index (χ0) is 20.9. The largest absolute Gasteiger partial charge is 0.477 e. The van der Waals surface area contributed by atoms with E-state index in [1.54, 1.807) is 4.90 Å². The van der Waals surface area contributed by atoms with Crippen LogP contribution < -0.4 is 4.74 Å². The van der Waals surface area contributed by atoms with Crippen LogP contribution in [0.4, 0.5) is 18.0 Å². The molecule has 28 heavy (non-hydrogen) atoms. The average molecular weight is 423 g/mol. The Bertz CT molecular complexity index is 677. The predicted octanol–water partition coefficient (Wildman–Crippen LogP) is 5.56. The molecule has 1 aromatic heterocycles. The van der Waals surface area contributed by atoms with Crippen LogP contribution in [-0.4, -0.2) is 41.3 Å². The van der Waals surface area contributed by atoms with Crippen LogP contribution in [-0.2, 0) is 10.9 Å². The van der Waals surface area contributed by atoms with E-state index in [1.807, 2.05) is 20.8 Å². The predicted molar refractivity (Wildman–Crippen MR) is 99.5 cm³/mol. The first-order valence-electron chi connectivity index (χ1n) is 9.29. The molecule has 0 saturated carbocycles. The first-order valence-corrected chi connectivity index (χ1v) is 9.67. The number of aromatic nitrogens is 1. The van der Waals surface area contributed by atoms with Gasteiger partial charge in [0, 0.05) is 19.3 Å². The molecule has 1 aliphatic heterocycles. The molecule has 1 amide bonds. The van der Waals surface area contributed by atoms with E-state index in [4.69, 9.17) is 21.1 Å². The van der Waals surface area contributed by atoms with E-state index in [-0.39, 0.29) is 17.0 Å². The molecule has 1 aromatic rings. The SMILES string of the molecule is CC(C)(C)OC(=O)N1CCCC(CCCOc2ncc(C(F)(F)F)cc2Cl)C1. The number of halogens is 4. The summed E-state index contributed by atoms with van der Waals surface area (Å²) in [6.07, 6.45) is -0.634. The highest BCUT2D eigenvalue weighted by Gasteiger charge is 2.32. The molecule has 0 N–H and O–H groups in total. The van der Waals surface area contributed by atoms with Crippen molar-refractivity contribution < 1.29 is 27.4 Å². The number of ether oxygens (including phenoxy) is 2. The summed E-state index contributed by atoms with van der Waals surface area (Å²) in [5.74, 6) is 0.328. The van der Waals surface area contributed by atoms with Crippen molar-refractivity contribution >= 4 is 17.7 Å². The molecule has 0 spiro atoms. The topological polar surface area (TPSA) is 51.7 Å². The summed E-state index contributed by atoms with van der Waals surface area (Å²) in [5.41, 5.74) is -1.43. The second kappa shape index (κ2) is 9.20. The molecule has 2 rings (SSSR count). The van der Waals surface area contributed by atoms with Crippen molar-refractivity contribution in [3.8, 4) is 5.88 Å². The molecule has 1 aliphatic rings. The van der Waals surface area contributed by atoms with Crippen molar-refractivity contribution in [1.82, 2.24) is 9.88 Å². The second-order valence-corrected chi connectivity index (χ2v) is 8.34. The minimum absolute atomic E-state index is 0.00584. The fourth-order valence-corrected chi connectivity index (χ4v) is 3.24. The number of likely N-dealkylation sites (tertiary alicyclic amines) is 1. The Morgan fingerprint density at radius 3 is 2.68 bits per heavy atom. The Morgan fingerprint density at radius 2 is 2.07 bits per heavy atom. The maximum absolute atomic E-state index is 12.6. The number of pyridine rings is 1. The van der Waals surface area contributed by atoms with E-state index in [0.29, 0.717) is 38.2 Å². The highest BCUT2D eigenvalue weighted by atomic mass is 35.5. The van der Waals surface area contributed by atoms with E-state index >= 15 is 0 Å². The number of carbonyl (C=O) groups is 1. The Kier molecular flexibility index (Phi) is 7.42. The third-order valence-electron chi connectivity index (χ3n) is 4.30. The van der Waals surface area contributed by atoms with Gasteiger partial charge in [0.05, 0.1) is 12.2 Å². The van der Waals surface area contributed by atoms with Gasteiger partial charge in [0.1, 0.15) is 10.6 Å². The third kappa shape index (κ3) is 7.04. The van der Waals surface area contributed by atoms with E-state index in [2.05, 4.69) is 4.98 Å². The fourth-order valence-electron chi connectivity index (χ4n) is 3.02. The van der Waals surface area contributed by atoms with Crippen molar-refractivity contribution in [2.75, 3.05) is 19.7 Å². The molecule has 9 heteroatoms. The smallest absolute Gasteiger partial charge is 0.417 e. The minimum Gasteiger partial charge on any atom is -0.477 e. The van der Waals surface area contributed by atoms with E-state index < -0.39 is 17.3 Å². The number of nitrogens with zero attached hydrogens (tertiary/aromatic N) is 2. The van der Waals surface area contributed by atoms with Crippen LogP contribution in [0.25, 0.3) is 0 Å². The van der Waals surface area contributed by atoms with Gasteiger partial charge in [-0.2, -0.15) is 13.2 Å². The second-order valence-electron chi connectivity index (χ2n) is 7.93. The van der Waals surface area contributed by atoms with Gasteiger partial charge in [0.25, 0.3) is 0 Å². The lowest BCUT2D eigenvalue weighted by Crippen LogP contribution is -2.42. The zero-order valence-corrected chi connectivity index (χ0v) is 17.1. The van der Waals surface area contributed by atoms with Crippen LogP contribution in [0.3, 0.4) is 0 Å². The first-order chi connectivity index (χ1) is 13.0. The van der Waals surface area contributed by atoms with E-state index in [9.17, 15) is 18.0 Å². The lowest BCUT2D eigenvalue weighted by atomic mass is 9.94. The van der Waals surface area contributed by atoms with Crippen molar-refractivity contribution in [2.45, 2.75) is 58.2 Å². The number of amides is 1. The maximum atomic E-state index is 12.6. The van der Waals surface area contributed by atoms with Crippen LogP contribution in [0.2, 0.25) is 5.02 Å². The maximum Gasteiger partial charge on any atom is 0.417 e. The number of hydrogen-bond acceptors (Lipinski definition) is 4. The number of hydrogen-bond donors (Lipinski definition) is 0. The number of alkyl halides is 3. The van der Waals surface area contributed by atoms with E-state index in [1.165, 1.54) is 0 Å². The van der Waals surface area contributed by atoms with Crippen molar-refractivity contribution in [3.05, 3.63) is 22.8 Å². The molecular formula is C19H26ClF3N2O3. The first kappa shape index (κ1) is 22.6. The van der Waals surface area contributed by atoms with Gasteiger partial charge < -0.3 is 14.4 Å². The Labute approximate surface area is 168 Å². The standard InChI is InChI=1S/C19H26ClF3N2O3/c1-18(2,3)28-17(26)25-8-4-6-13(12-25)7-5-9-27-16-15(20)10-14(11-24-16)19(21,22)23/h10-11,13H,4-9,12H2,1-3H3. The molecule has 0 aliphatic carbocycles. The summed E-state index contributed by atoms with van der Waals surface area (Å²) < 4.78 is 48.7. The quantitative estimate of drug-likeness (QED) is 0.583. The molecule has 0 aromatic carbocycles. The van der Waals surface area contributed by atoms with Gasteiger partial charge in [0.15, 0.2) is 0 Å². The molecule has 1 fully saturated rings. The average Bonchev–Trinajstić information content (AvgIpc) is 2.57. The van der Waals surface area contributed by atoms with Gasteiger partial charge in [-0.1, -0.05) is 11.6 Å². The van der Waals surface area contributed by atoms with Crippen molar-refractivity contribution in [3.63, 3.8) is 0 Å². The number of piperidine rings is 1. The van der Waals surface area contributed by atoms with Crippen molar-refractivity contribution in [1.29, 1.82) is 0 Å². The van der Waals surface area contributed by atoms with Crippen LogP contribution in [0, 0.1) is 5.92 Å². The minimum atomic E-state index is -4.49. The monoisotopic (exact) mass is 422 g/mol. The highest BCUT2D eigenvalue weighted by Crippen LogP contribution is 2.33. The van der Waals surface area contributed by atoms with E-state index in [0.717, 1.165) is 25.3 Å². The summed E-state index contributed by atoms with van der Waals surface area (Å²) in [6.45, 7) is 7.13. The third-order valence-corrected chi connectivity index (χ3v) is 4.57.